The second kappa shape index (κ2) is 7.02. The van der Waals surface area contributed by atoms with Crippen molar-refractivity contribution in [1.29, 1.82) is 0 Å². The first-order valence-electron chi connectivity index (χ1n) is 9.35. The maximum Gasteiger partial charge on any atom is 0.318 e. The van der Waals surface area contributed by atoms with E-state index in [-0.39, 0.29) is 12.1 Å². The summed E-state index contributed by atoms with van der Waals surface area (Å²) in [4.78, 5) is 19.3. The zero-order chi connectivity index (χ0) is 18.1. The van der Waals surface area contributed by atoms with Gasteiger partial charge in [-0.25, -0.2) is 9.78 Å². The summed E-state index contributed by atoms with van der Waals surface area (Å²) in [5.41, 5.74) is 2.51. The Morgan fingerprint density at radius 1 is 1.31 bits per heavy atom. The van der Waals surface area contributed by atoms with Crippen molar-refractivity contribution in [1.82, 2.24) is 19.8 Å². The molecule has 1 aliphatic heterocycles. The van der Waals surface area contributed by atoms with E-state index >= 15 is 0 Å². The van der Waals surface area contributed by atoms with Crippen molar-refractivity contribution < 1.29 is 9.53 Å². The zero-order valence-corrected chi connectivity index (χ0v) is 15.4. The monoisotopic (exact) mass is 354 g/mol. The van der Waals surface area contributed by atoms with Crippen molar-refractivity contribution in [2.45, 2.75) is 31.7 Å². The number of imidazole rings is 1. The molecule has 4 rings (SSSR count). The molecule has 1 aliphatic carbocycles. The van der Waals surface area contributed by atoms with Gasteiger partial charge in [-0.1, -0.05) is 12.1 Å². The summed E-state index contributed by atoms with van der Waals surface area (Å²) in [6, 6.07) is 6.18. The van der Waals surface area contributed by atoms with E-state index in [0.717, 1.165) is 43.8 Å². The van der Waals surface area contributed by atoms with E-state index in [1.165, 1.54) is 11.1 Å². The van der Waals surface area contributed by atoms with Gasteiger partial charge >= 0.3 is 6.03 Å². The third-order valence-corrected chi connectivity index (χ3v) is 5.53. The lowest BCUT2D eigenvalue weighted by molar-refractivity contribution is 0.193. The minimum absolute atomic E-state index is 0.00247. The highest BCUT2D eigenvalue weighted by molar-refractivity contribution is 5.75. The molecule has 0 spiro atoms. The number of hydrogen-bond donors (Lipinski definition) is 1. The third-order valence-electron chi connectivity index (χ3n) is 5.53. The number of carbonyl (C=O) groups is 1. The molecule has 1 aromatic heterocycles. The van der Waals surface area contributed by atoms with Gasteiger partial charge in [0.15, 0.2) is 0 Å². The molecule has 2 heterocycles. The Labute approximate surface area is 154 Å². The number of benzene rings is 1. The fraction of sp³-hybridized carbons (Fsp3) is 0.500. The van der Waals surface area contributed by atoms with E-state index in [1.54, 1.807) is 13.3 Å². The number of nitrogens with one attached hydrogen (secondary N) is 1. The Kier molecular flexibility index (Phi) is 4.57. The summed E-state index contributed by atoms with van der Waals surface area (Å²) in [5.74, 6) is 2.37. The third kappa shape index (κ3) is 3.28. The first kappa shape index (κ1) is 16.9. The van der Waals surface area contributed by atoms with Crippen LogP contribution in [0.5, 0.6) is 5.75 Å². The molecule has 1 atom stereocenters. The molecule has 138 valence electrons. The molecule has 0 radical (unpaired) electrons. The second-order valence-corrected chi connectivity index (χ2v) is 7.25. The van der Waals surface area contributed by atoms with Gasteiger partial charge in [0, 0.05) is 32.5 Å². The van der Waals surface area contributed by atoms with E-state index in [0.29, 0.717) is 12.5 Å². The summed E-state index contributed by atoms with van der Waals surface area (Å²) in [7, 11) is 3.69. The lowest BCUT2D eigenvalue weighted by atomic mass is 10.0. The van der Waals surface area contributed by atoms with Crippen molar-refractivity contribution >= 4 is 6.03 Å². The van der Waals surface area contributed by atoms with Crippen LogP contribution in [0.3, 0.4) is 0 Å². The highest BCUT2D eigenvalue weighted by Crippen LogP contribution is 2.40. The summed E-state index contributed by atoms with van der Waals surface area (Å²) in [5, 5.41) is 3.25. The number of aromatic nitrogens is 2. The van der Waals surface area contributed by atoms with Gasteiger partial charge in [-0.3, -0.25) is 0 Å². The Bertz CT molecular complexity index is 797. The minimum atomic E-state index is 0.00247. The van der Waals surface area contributed by atoms with Gasteiger partial charge in [0.25, 0.3) is 0 Å². The van der Waals surface area contributed by atoms with Gasteiger partial charge in [-0.15, -0.1) is 0 Å². The first-order valence-corrected chi connectivity index (χ1v) is 9.35. The van der Waals surface area contributed by atoms with Crippen LogP contribution in [-0.4, -0.2) is 40.7 Å². The molecule has 0 bridgehead atoms. The molecule has 2 aromatic rings. The Balaban J connectivity index is 1.46. The highest BCUT2D eigenvalue weighted by atomic mass is 16.5. The molecule has 0 saturated heterocycles. The number of amides is 2. The van der Waals surface area contributed by atoms with Crippen LogP contribution in [0, 0.1) is 5.92 Å². The summed E-state index contributed by atoms with van der Waals surface area (Å²) >= 11 is 0. The lowest BCUT2D eigenvalue weighted by Gasteiger charge is -2.25. The molecule has 6 nitrogen and oxygen atoms in total. The average molecular weight is 354 g/mol. The van der Waals surface area contributed by atoms with E-state index in [9.17, 15) is 4.79 Å². The van der Waals surface area contributed by atoms with Gasteiger partial charge in [-0.05, 0) is 48.8 Å². The van der Waals surface area contributed by atoms with Crippen LogP contribution in [0.4, 0.5) is 4.79 Å². The molecule has 1 saturated carbocycles. The standard InChI is InChI=1S/C20H26N4O2/c1-23-13-10-21-19(23)18(15-6-7-15)22-20(25)24-11-8-14-4-3-5-17(26-2)16(14)9-12-24/h3-5,10,13,15,18H,6-9,11-12H2,1-2H3,(H,22,25). The molecule has 1 unspecified atom stereocenters. The van der Waals surface area contributed by atoms with Gasteiger partial charge in [0.05, 0.1) is 13.2 Å². The fourth-order valence-electron chi connectivity index (χ4n) is 3.86. The van der Waals surface area contributed by atoms with Crippen LogP contribution < -0.4 is 10.1 Å². The molecule has 1 aromatic carbocycles. The number of nitrogens with zero attached hydrogens (tertiary/aromatic N) is 3. The van der Waals surface area contributed by atoms with Gasteiger partial charge in [-0.2, -0.15) is 0 Å². The Hall–Kier alpha value is -2.50. The number of rotatable bonds is 4. The quantitative estimate of drug-likeness (QED) is 0.918. The maximum absolute atomic E-state index is 13.0. The van der Waals surface area contributed by atoms with E-state index in [1.807, 2.05) is 34.8 Å². The van der Waals surface area contributed by atoms with E-state index in [4.69, 9.17) is 4.74 Å². The molecule has 6 heteroatoms. The summed E-state index contributed by atoms with van der Waals surface area (Å²) in [6.07, 6.45) is 7.72. The molecule has 26 heavy (non-hydrogen) atoms. The first-order chi connectivity index (χ1) is 12.7. The van der Waals surface area contributed by atoms with E-state index in [2.05, 4.69) is 16.4 Å². The van der Waals surface area contributed by atoms with Crippen LogP contribution >= 0.6 is 0 Å². The zero-order valence-electron chi connectivity index (χ0n) is 15.4. The molecule has 1 N–H and O–H groups in total. The largest absolute Gasteiger partial charge is 0.496 e. The highest BCUT2D eigenvalue weighted by Gasteiger charge is 2.36. The SMILES string of the molecule is COc1cccc2c1CCN(C(=O)NC(c1nccn1C)C1CC1)CC2. The normalized spacial score (nSPS) is 18.0. The number of carbonyl (C=O) groups excluding carboxylic acids is 1. The van der Waals surface area contributed by atoms with Crippen molar-refractivity contribution in [2.75, 3.05) is 20.2 Å². The van der Waals surface area contributed by atoms with Crippen LogP contribution in [0.25, 0.3) is 0 Å². The van der Waals surface area contributed by atoms with Crippen molar-refractivity contribution in [3.63, 3.8) is 0 Å². The Morgan fingerprint density at radius 3 is 2.81 bits per heavy atom. The van der Waals surface area contributed by atoms with Crippen LogP contribution in [0.2, 0.25) is 0 Å². The number of methoxy groups -OCH3 is 1. The summed E-state index contributed by atoms with van der Waals surface area (Å²) in [6.45, 7) is 1.43. The Morgan fingerprint density at radius 2 is 2.12 bits per heavy atom. The molecule has 2 amide bonds. The number of fused-ring (bicyclic) bond motifs is 1. The molecule has 1 fully saturated rings. The predicted octanol–water partition coefficient (Wildman–Crippen LogP) is 2.69. The second-order valence-electron chi connectivity index (χ2n) is 7.25. The lowest BCUT2D eigenvalue weighted by Crippen LogP contribution is -2.44. The number of hydrogen-bond acceptors (Lipinski definition) is 3. The number of urea groups is 1. The van der Waals surface area contributed by atoms with Crippen molar-refractivity contribution in [2.24, 2.45) is 13.0 Å². The predicted molar refractivity (Wildman–Crippen MR) is 99.2 cm³/mol. The van der Waals surface area contributed by atoms with Crippen molar-refractivity contribution in [3.05, 3.63) is 47.5 Å². The summed E-state index contributed by atoms with van der Waals surface area (Å²) < 4.78 is 7.51. The molecular formula is C20H26N4O2. The van der Waals surface area contributed by atoms with E-state index < -0.39 is 0 Å². The average Bonchev–Trinajstić information content (AvgIpc) is 3.43. The topological polar surface area (TPSA) is 59.4 Å². The molecule has 2 aliphatic rings. The van der Waals surface area contributed by atoms with Gasteiger partial charge < -0.3 is 19.5 Å². The maximum atomic E-state index is 13.0. The van der Waals surface area contributed by atoms with Crippen LogP contribution in [-0.2, 0) is 19.9 Å². The van der Waals surface area contributed by atoms with Gasteiger partial charge in [0.1, 0.15) is 11.6 Å². The smallest absolute Gasteiger partial charge is 0.318 e. The number of aryl methyl sites for hydroxylation is 1. The minimum Gasteiger partial charge on any atom is -0.496 e. The van der Waals surface area contributed by atoms with Gasteiger partial charge in [0.2, 0.25) is 0 Å². The van der Waals surface area contributed by atoms with Crippen LogP contribution in [0.1, 0.15) is 35.8 Å². The van der Waals surface area contributed by atoms with Crippen molar-refractivity contribution in [3.8, 4) is 5.75 Å². The molecular weight excluding hydrogens is 328 g/mol. The fourth-order valence-corrected chi connectivity index (χ4v) is 3.86. The van der Waals surface area contributed by atoms with Crippen LogP contribution in [0.15, 0.2) is 30.6 Å². The number of ether oxygens (including phenoxy) is 1.